The molecule has 0 saturated carbocycles. The molecule has 0 aromatic heterocycles. The standard InChI is InChI=1S/C15H21NO4/c1-11(17)13-6-4-7-14(10-13)20-12(2)15(18)16-8-5-9-19-3/h4,6-7,10,12H,5,8-9H2,1-3H3,(H,16,18). The lowest BCUT2D eigenvalue weighted by Crippen LogP contribution is -2.37. The molecule has 1 unspecified atom stereocenters. The van der Waals surface area contributed by atoms with E-state index in [1.54, 1.807) is 38.3 Å². The van der Waals surface area contributed by atoms with Gasteiger partial charge in [-0.15, -0.1) is 0 Å². The zero-order valence-corrected chi connectivity index (χ0v) is 12.1. The molecule has 1 rings (SSSR count). The van der Waals surface area contributed by atoms with E-state index in [1.165, 1.54) is 6.92 Å². The van der Waals surface area contributed by atoms with Crippen molar-refractivity contribution in [1.82, 2.24) is 5.32 Å². The van der Waals surface area contributed by atoms with Gasteiger partial charge in [-0.25, -0.2) is 0 Å². The van der Waals surface area contributed by atoms with Crippen LogP contribution in [0.1, 0.15) is 30.6 Å². The molecule has 5 nitrogen and oxygen atoms in total. The molecule has 0 saturated heterocycles. The van der Waals surface area contributed by atoms with Gasteiger partial charge in [-0.05, 0) is 32.4 Å². The highest BCUT2D eigenvalue weighted by atomic mass is 16.5. The van der Waals surface area contributed by atoms with Gasteiger partial charge in [0.05, 0.1) is 0 Å². The first kappa shape index (κ1) is 16.2. The summed E-state index contributed by atoms with van der Waals surface area (Å²) < 4.78 is 10.4. The number of benzene rings is 1. The van der Waals surface area contributed by atoms with E-state index in [0.29, 0.717) is 24.5 Å². The van der Waals surface area contributed by atoms with Gasteiger partial charge in [0, 0.05) is 25.8 Å². The molecule has 1 aromatic carbocycles. The van der Waals surface area contributed by atoms with E-state index in [4.69, 9.17) is 9.47 Å². The first-order valence-corrected chi connectivity index (χ1v) is 6.59. The normalized spacial score (nSPS) is 11.8. The minimum absolute atomic E-state index is 0.0351. The first-order chi connectivity index (χ1) is 9.54. The molecule has 1 N–H and O–H groups in total. The molecule has 0 spiro atoms. The minimum Gasteiger partial charge on any atom is -0.481 e. The quantitative estimate of drug-likeness (QED) is 0.582. The lowest BCUT2D eigenvalue weighted by Gasteiger charge is -2.15. The van der Waals surface area contributed by atoms with Gasteiger partial charge >= 0.3 is 0 Å². The van der Waals surface area contributed by atoms with E-state index in [0.717, 1.165) is 6.42 Å². The van der Waals surface area contributed by atoms with Crippen molar-refractivity contribution in [3.05, 3.63) is 29.8 Å². The molecular weight excluding hydrogens is 258 g/mol. The number of amides is 1. The van der Waals surface area contributed by atoms with E-state index in [-0.39, 0.29) is 11.7 Å². The van der Waals surface area contributed by atoms with E-state index >= 15 is 0 Å². The number of methoxy groups -OCH3 is 1. The molecule has 5 heteroatoms. The zero-order valence-electron chi connectivity index (χ0n) is 12.1. The summed E-state index contributed by atoms with van der Waals surface area (Å²) in [5.74, 6) is 0.290. The average molecular weight is 279 g/mol. The van der Waals surface area contributed by atoms with E-state index in [1.807, 2.05) is 0 Å². The van der Waals surface area contributed by atoms with Crippen LogP contribution in [0.2, 0.25) is 0 Å². The molecule has 0 aliphatic heterocycles. The second-order valence-electron chi connectivity index (χ2n) is 4.48. The van der Waals surface area contributed by atoms with Crippen LogP contribution in [-0.2, 0) is 9.53 Å². The Morgan fingerprint density at radius 2 is 2.10 bits per heavy atom. The fraction of sp³-hybridized carbons (Fsp3) is 0.467. The van der Waals surface area contributed by atoms with Gasteiger partial charge < -0.3 is 14.8 Å². The monoisotopic (exact) mass is 279 g/mol. The van der Waals surface area contributed by atoms with Gasteiger partial charge in [0.15, 0.2) is 11.9 Å². The Morgan fingerprint density at radius 3 is 2.75 bits per heavy atom. The smallest absolute Gasteiger partial charge is 0.260 e. The number of hydrogen-bond donors (Lipinski definition) is 1. The van der Waals surface area contributed by atoms with E-state index in [9.17, 15) is 9.59 Å². The van der Waals surface area contributed by atoms with E-state index in [2.05, 4.69) is 5.32 Å². The summed E-state index contributed by atoms with van der Waals surface area (Å²) in [6, 6.07) is 6.80. The largest absolute Gasteiger partial charge is 0.481 e. The molecular formula is C15H21NO4. The maximum Gasteiger partial charge on any atom is 0.260 e. The van der Waals surface area contributed by atoms with Crippen LogP contribution in [-0.4, -0.2) is 38.1 Å². The number of hydrogen-bond acceptors (Lipinski definition) is 4. The Bertz CT molecular complexity index is 459. The SMILES string of the molecule is COCCCNC(=O)C(C)Oc1cccc(C(C)=O)c1. The Hall–Kier alpha value is -1.88. The summed E-state index contributed by atoms with van der Waals surface area (Å²) in [7, 11) is 1.62. The number of rotatable bonds is 8. The van der Waals surface area contributed by atoms with Gasteiger partial charge in [0.1, 0.15) is 5.75 Å². The molecule has 0 bridgehead atoms. The summed E-state index contributed by atoms with van der Waals surface area (Å²) in [5, 5.41) is 2.76. The molecule has 0 radical (unpaired) electrons. The van der Waals surface area contributed by atoms with Crippen LogP contribution in [0.3, 0.4) is 0 Å². The van der Waals surface area contributed by atoms with Gasteiger partial charge in [-0.2, -0.15) is 0 Å². The maximum absolute atomic E-state index is 11.8. The Morgan fingerprint density at radius 1 is 1.35 bits per heavy atom. The second kappa shape index (κ2) is 8.32. The second-order valence-corrected chi connectivity index (χ2v) is 4.48. The molecule has 0 heterocycles. The van der Waals surface area contributed by atoms with Crippen molar-refractivity contribution in [2.45, 2.75) is 26.4 Å². The minimum atomic E-state index is -0.611. The Kier molecular flexibility index (Phi) is 6.73. The van der Waals surface area contributed by atoms with E-state index < -0.39 is 6.10 Å². The summed E-state index contributed by atoms with van der Waals surface area (Å²) in [6.45, 7) is 4.32. The highest BCUT2D eigenvalue weighted by Crippen LogP contribution is 2.15. The van der Waals surface area contributed by atoms with Gasteiger partial charge in [-0.3, -0.25) is 9.59 Å². The fourth-order valence-corrected chi connectivity index (χ4v) is 1.62. The molecule has 0 aliphatic carbocycles. The fourth-order valence-electron chi connectivity index (χ4n) is 1.62. The number of carbonyl (C=O) groups is 2. The number of ketones is 1. The molecule has 0 aliphatic rings. The van der Waals surface area contributed by atoms with Crippen molar-refractivity contribution in [2.75, 3.05) is 20.3 Å². The predicted molar refractivity (Wildman–Crippen MR) is 76.0 cm³/mol. The predicted octanol–water partition coefficient (Wildman–Crippen LogP) is 1.81. The van der Waals surface area contributed by atoms with Crippen LogP contribution in [0, 0.1) is 0 Å². The number of ether oxygens (including phenoxy) is 2. The molecule has 20 heavy (non-hydrogen) atoms. The van der Waals surface area contributed by atoms with Gasteiger partial charge in [0.2, 0.25) is 0 Å². The third-order valence-corrected chi connectivity index (χ3v) is 2.75. The number of nitrogens with one attached hydrogen (secondary N) is 1. The van der Waals surface area contributed by atoms with Crippen LogP contribution in [0.25, 0.3) is 0 Å². The number of Topliss-reactive ketones (excluding diaryl/α,β-unsaturated/α-hetero) is 1. The maximum atomic E-state index is 11.8. The van der Waals surface area contributed by atoms with Crippen molar-refractivity contribution >= 4 is 11.7 Å². The van der Waals surface area contributed by atoms with Crippen LogP contribution < -0.4 is 10.1 Å². The highest BCUT2D eigenvalue weighted by Gasteiger charge is 2.14. The van der Waals surface area contributed by atoms with Crippen molar-refractivity contribution in [3.8, 4) is 5.75 Å². The molecule has 1 aromatic rings. The van der Waals surface area contributed by atoms with Gasteiger partial charge in [-0.1, -0.05) is 12.1 Å². The zero-order chi connectivity index (χ0) is 15.0. The van der Waals surface area contributed by atoms with Crippen molar-refractivity contribution < 1.29 is 19.1 Å². The molecule has 1 atom stereocenters. The molecule has 1 amide bonds. The molecule has 0 fully saturated rings. The van der Waals surface area contributed by atoms with Crippen LogP contribution >= 0.6 is 0 Å². The van der Waals surface area contributed by atoms with Crippen LogP contribution in [0.15, 0.2) is 24.3 Å². The third-order valence-electron chi connectivity index (χ3n) is 2.75. The topological polar surface area (TPSA) is 64.6 Å². The lowest BCUT2D eigenvalue weighted by atomic mass is 10.1. The van der Waals surface area contributed by atoms with Crippen molar-refractivity contribution in [3.63, 3.8) is 0 Å². The summed E-state index contributed by atoms with van der Waals surface area (Å²) in [5.41, 5.74) is 0.565. The first-order valence-electron chi connectivity index (χ1n) is 6.59. The van der Waals surface area contributed by atoms with Crippen LogP contribution in [0.5, 0.6) is 5.75 Å². The third kappa shape index (κ3) is 5.40. The van der Waals surface area contributed by atoms with Crippen molar-refractivity contribution in [2.24, 2.45) is 0 Å². The summed E-state index contributed by atoms with van der Waals surface area (Å²) in [6.07, 6.45) is 0.147. The highest BCUT2D eigenvalue weighted by molar-refractivity contribution is 5.94. The summed E-state index contributed by atoms with van der Waals surface area (Å²) >= 11 is 0. The van der Waals surface area contributed by atoms with Crippen molar-refractivity contribution in [1.29, 1.82) is 0 Å². The Balaban J connectivity index is 2.48. The summed E-state index contributed by atoms with van der Waals surface area (Å²) in [4.78, 5) is 23.1. The van der Waals surface area contributed by atoms with Crippen LogP contribution in [0.4, 0.5) is 0 Å². The lowest BCUT2D eigenvalue weighted by molar-refractivity contribution is -0.127. The molecule has 110 valence electrons. The van der Waals surface area contributed by atoms with Gasteiger partial charge in [0.25, 0.3) is 5.91 Å². The number of carbonyl (C=O) groups excluding carboxylic acids is 2. The average Bonchev–Trinajstić information content (AvgIpc) is 2.43. The Labute approximate surface area is 119 Å².